The molecule has 0 saturated heterocycles. The molecule has 0 fully saturated rings. The van der Waals surface area contributed by atoms with Crippen LogP contribution in [0, 0.1) is 5.92 Å². The molecular weight excluding hydrogens is 176 g/mol. The van der Waals surface area contributed by atoms with Crippen LogP contribution in [0.25, 0.3) is 0 Å². The standard InChI is InChI=1S/C8H13ClN2O/c1-5(2)7(12)8-10-4-6(9)11(8)3/h4-5,7,12H,1-3H3. The molecule has 0 saturated carbocycles. The number of hydrogen-bond acceptors (Lipinski definition) is 2. The summed E-state index contributed by atoms with van der Waals surface area (Å²) in [7, 11) is 1.79. The Balaban J connectivity index is 2.95. The lowest BCUT2D eigenvalue weighted by Gasteiger charge is -2.13. The average Bonchev–Trinajstić information content (AvgIpc) is 2.32. The van der Waals surface area contributed by atoms with Crippen LogP contribution in [-0.4, -0.2) is 14.7 Å². The Morgan fingerprint density at radius 2 is 2.17 bits per heavy atom. The average molecular weight is 189 g/mol. The van der Waals surface area contributed by atoms with Crippen LogP contribution >= 0.6 is 11.6 Å². The summed E-state index contributed by atoms with van der Waals surface area (Å²) >= 11 is 5.77. The highest BCUT2D eigenvalue weighted by atomic mass is 35.5. The van der Waals surface area contributed by atoms with Gasteiger partial charge in [-0.25, -0.2) is 4.98 Å². The van der Waals surface area contributed by atoms with Gasteiger partial charge >= 0.3 is 0 Å². The SMILES string of the molecule is CC(C)C(O)c1ncc(Cl)n1C. The molecule has 1 N–H and O–H groups in total. The third-order valence-corrected chi connectivity index (χ3v) is 2.21. The second kappa shape index (κ2) is 3.46. The minimum atomic E-state index is -0.539. The molecule has 4 heteroatoms. The smallest absolute Gasteiger partial charge is 0.138 e. The number of rotatable bonds is 2. The molecule has 0 amide bonds. The van der Waals surface area contributed by atoms with Crippen molar-refractivity contribution in [2.45, 2.75) is 20.0 Å². The molecule has 0 spiro atoms. The first-order valence-corrected chi connectivity index (χ1v) is 4.27. The summed E-state index contributed by atoms with van der Waals surface area (Å²) in [6.07, 6.45) is 1.00. The van der Waals surface area contributed by atoms with Crippen molar-refractivity contribution in [1.29, 1.82) is 0 Å². The number of aliphatic hydroxyl groups is 1. The van der Waals surface area contributed by atoms with Crippen LogP contribution in [-0.2, 0) is 7.05 Å². The maximum atomic E-state index is 9.65. The number of halogens is 1. The highest BCUT2D eigenvalue weighted by Crippen LogP contribution is 2.21. The maximum Gasteiger partial charge on any atom is 0.138 e. The van der Waals surface area contributed by atoms with E-state index in [4.69, 9.17) is 11.6 Å². The third-order valence-electron chi connectivity index (χ3n) is 1.86. The number of nitrogens with zero attached hydrogens (tertiary/aromatic N) is 2. The number of aromatic nitrogens is 2. The Bertz CT molecular complexity index is 270. The van der Waals surface area contributed by atoms with Crippen molar-refractivity contribution < 1.29 is 5.11 Å². The normalized spacial score (nSPS) is 13.8. The van der Waals surface area contributed by atoms with Gasteiger partial charge in [-0.05, 0) is 5.92 Å². The van der Waals surface area contributed by atoms with E-state index < -0.39 is 6.10 Å². The minimum Gasteiger partial charge on any atom is -0.385 e. The van der Waals surface area contributed by atoms with E-state index in [1.807, 2.05) is 13.8 Å². The summed E-state index contributed by atoms with van der Waals surface area (Å²) in [5.74, 6) is 0.775. The van der Waals surface area contributed by atoms with E-state index >= 15 is 0 Å². The summed E-state index contributed by atoms with van der Waals surface area (Å²) in [4.78, 5) is 4.02. The fraction of sp³-hybridized carbons (Fsp3) is 0.625. The lowest BCUT2D eigenvalue weighted by molar-refractivity contribution is 0.115. The van der Waals surface area contributed by atoms with Gasteiger partial charge in [0.25, 0.3) is 0 Å². The van der Waals surface area contributed by atoms with Gasteiger partial charge in [-0.1, -0.05) is 25.4 Å². The highest BCUT2D eigenvalue weighted by molar-refractivity contribution is 6.29. The predicted molar refractivity (Wildman–Crippen MR) is 48.0 cm³/mol. The molecule has 0 aliphatic rings. The largest absolute Gasteiger partial charge is 0.385 e. The van der Waals surface area contributed by atoms with E-state index in [0.717, 1.165) is 0 Å². The first-order valence-electron chi connectivity index (χ1n) is 3.89. The second-order valence-electron chi connectivity index (χ2n) is 3.19. The Morgan fingerprint density at radius 3 is 2.50 bits per heavy atom. The zero-order chi connectivity index (χ0) is 9.30. The van der Waals surface area contributed by atoms with Crippen LogP contribution < -0.4 is 0 Å². The van der Waals surface area contributed by atoms with Crippen molar-refractivity contribution in [1.82, 2.24) is 9.55 Å². The van der Waals surface area contributed by atoms with Crippen LogP contribution in [0.15, 0.2) is 6.20 Å². The van der Waals surface area contributed by atoms with Gasteiger partial charge in [0.15, 0.2) is 0 Å². The molecule has 12 heavy (non-hydrogen) atoms. The summed E-state index contributed by atoms with van der Waals surface area (Å²) in [5.41, 5.74) is 0. The van der Waals surface area contributed by atoms with Crippen molar-refractivity contribution in [3.63, 3.8) is 0 Å². The summed E-state index contributed by atoms with van der Waals surface area (Å²) < 4.78 is 1.69. The molecule has 1 aromatic rings. The quantitative estimate of drug-likeness (QED) is 0.768. The molecule has 0 bridgehead atoms. The zero-order valence-corrected chi connectivity index (χ0v) is 8.21. The van der Waals surface area contributed by atoms with Gasteiger partial charge in [0.2, 0.25) is 0 Å². The van der Waals surface area contributed by atoms with Crippen molar-refractivity contribution in [3.05, 3.63) is 17.2 Å². The molecule has 3 nitrogen and oxygen atoms in total. The van der Waals surface area contributed by atoms with E-state index in [-0.39, 0.29) is 5.92 Å². The lowest BCUT2D eigenvalue weighted by Crippen LogP contribution is -2.11. The molecule has 68 valence electrons. The Labute approximate surface area is 77.0 Å². The van der Waals surface area contributed by atoms with E-state index in [9.17, 15) is 5.11 Å². The van der Waals surface area contributed by atoms with Gasteiger partial charge in [0, 0.05) is 7.05 Å². The fourth-order valence-corrected chi connectivity index (χ4v) is 1.11. The third kappa shape index (κ3) is 1.62. The van der Waals surface area contributed by atoms with E-state index in [1.165, 1.54) is 0 Å². The Kier molecular flexibility index (Phi) is 2.75. The van der Waals surface area contributed by atoms with Crippen LogP contribution in [0.3, 0.4) is 0 Å². The molecule has 1 atom stereocenters. The molecule has 0 aromatic carbocycles. The number of aliphatic hydroxyl groups excluding tert-OH is 1. The number of imidazole rings is 1. The van der Waals surface area contributed by atoms with Gasteiger partial charge < -0.3 is 9.67 Å². The van der Waals surface area contributed by atoms with E-state index in [1.54, 1.807) is 17.8 Å². The minimum absolute atomic E-state index is 0.155. The molecule has 0 aliphatic heterocycles. The first-order chi connectivity index (χ1) is 5.54. The van der Waals surface area contributed by atoms with Gasteiger partial charge in [0.05, 0.1) is 6.20 Å². The van der Waals surface area contributed by atoms with Crippen LogP contribution in [0.2, 0.25) is 5.15 Å². The summed E-state index contributed by atoms with van der Waals surface area (Å²) in [6.45, 7) is 3.88. The molecule has 1 aromatic heterocycles. The van der Waals surface area contributed by atoms with Crippen molar-refractivity contribution in [2.24, 2.45) is 13.0 Å². The van der Waals surface area contributed by atoms with E-state index in [2.05, 4.69) is 4.98 Å². The molecule has 0 radical (unpaired) electrons. The number of hydrogen-bond donors (Lipinski definition) is 1. The Morgan fingerprint density at radius 1 is 1.58 bits per heavy atom. The molecule has 1 heterocycles. The first kappa shape index (κ1) is 9.55. The fourth-order valence-electron chi connectivity index (χ4n) is 0.975. The van der Waals surface area contributed by atoms with Gasteiger partial charge in [-0.15, -0.1) is 0 Å². The van der Waals surface area contributed by atoms with Crippen LogP contribution in [0.1, 0.15) is 25.8 Å². The molecule has 1 unspecified atom stereocenters. The molecule has 0 aliphatic carbocycles. The van der Waals surface area contributed by atoms with Crippen molar-refractivity contribution >= 4 is 11.6 Å². The van der Waals surface area contributed by atoms with Gasteiger partial charge in [-0.2, -0.15) is 0 Å². The van der Waals surface area contributed by atoms with E-state index in [0.29, 0.717) is 11.0 Å². The zero-order valence-electron chi connectivity index (χ0n) is 7.45. The topological polar surface area (TPSA) is 38.1 Å². The maximum absolute atomic E-state index is 9.65. The lowest BCUT2D eigenvalue weighted by atomic mass is 10.1. The predicted octanol–water partition coefficient (Wildman–Crippen LogP) is 1.76. The van der Waals surface area contributed by atoms with Crippen LogP contribution in [0.4, 0.5) is 0 Å². The van der Waals surface area contributed by atoms with Crippen molar-refractivity contribution in [2.75, 3.05) is 0 Å². The van der Waals surface area contributed by atoms with Gasteiger partial charge in [-0.3, -0.25) is 0 Å². The summed E-state index contributed by atoms with van der Waals surface area (Å²) in [5, 5.41) is 10.2. The Hall–Kier alpha value is -0.540. The molecular formula is C8H13ClN2O. The second-order valence-corrected chi connectivity index (χ2v) is 3.57. The van der Waals surface area contributed by atoms with Crippen molar-refractivity contribution in [3.8, 4) is 0 Å². The van der Waals surface area contributed by atoms with Crippen LogP contribution in [0.5, 0.6) is 0 Å². The highest BCUT2D eigenvalue weighted by Gasteiger charge is 2.17. The summed E-state index contributed by atoms with van der Waals surface area (Å²) in [6, 6.07) is 0. The molecule has 1 rings (SSSR count). The monoisotopic (exact) mass is 188 g/mol. The van der Waals surface area contributed by atoms with Gasteiger partial charge in [0.1, 0.15) is 17.1 Å².